The Hall–Kier alpha value is -1.44. The minimum Gasteiger partial charge on any atom is -0.481 e. The van der Waals surface area contributed by atoms with Crippen LogP contribution in [-0.2, 0) is 21.2 Å². The van der Waals surface area contributed by atoms with E-state index in [0.717, 1.165) is 11.1 Å². The van der Waals surface area contributed by atoms with Gasteiger partial charge in [-0.05, 0) is 11.1 Å². The van der Waals surface area contributed by atoms with Crippen molar-refractivity contribution in [1.29, 1.82) is 0 Å². The number of aliphatic hydroxyl groups is 1. The summed E-state index contributed by atoms with van der Waals surface area (Å²) in [4.78, 5) is 13.3. The molecule has 2 aliphatic heterocycles. The van der Waals surface area contributed by atoms with Gasteiger partial charge in [0, 0.05) is 13.1 Å². The molecule has 0 aromatic heterocycles. The van der Waals surface area contributed by atoms with E-state index in [2.05, 4.69) is 0 Å². The van der Waals surface area contributed by atoms with Crippen LogP contribution in [0.15, 0.2) is 24.3 Å². The molecule has 1 saturated heterocycles. The molecule has 114 valence electrons. The minimum absolute atomic E-state index is 0.108. The maximum atomic E-state index is 11.7. The maximum Gasteiger partial charge on any atom is 0.312 e. The number of nitrogens with zero attached hydrogens (tertiary/aromatic N) is 1. The lowest BCUT2D eigenvalue weighted by atomic mass is 9.89. The Morgan fingerprint density at radius 3 is 2.57 bits per heavy atom. The summed E-state index contributed by atoms with van der Waals surface area (Å²) in [7, 11) is -3.25. The van der Waals surface area contributed by atoms with E-state index < -0.39 is 33.9 Å². The minimum atomic E-state index is -3.25. The Morgan fingerprint density at radius 1 is 1.24 bits per heavy atom. The maximum absolute atomic E-state index is 11.7. The number of sulfone groups is 1. The molecule has 3 rings (SSSR count). The molecule has 0 saturated carbocycles. The average Bonchev–Trinajstić information content (AvgIpc) is 2.70. The van der Waals surface area contributed by atoms with Crippen LogP contribution in [0.2, 0.25) is 0 Å². The van der Waals surface area contributed by atoms with E-state index in [1.54, 1.807) is 17.0 Å². The number of fused-ring (bicyclic) bond motifs is 1. The summed E-state index contributed by atoms with van der Waals surface area (Å²) in [6, 6.07) is 6.77. The summed E-state index contributed by atoms with van der Waals surface area (Å²) in [6.45, 7) is 0.695. The first-order valence-electron chi connectivity index (χ1n) is 6.80. The number of carbonyl (C=O) groups is 1. The molecule has 1 fully saturated rings. The summed E-state index contributed by atoms with van der Waals surface area (Å²) in [5.74, 6) is -1.97. The Balaban J connectivity index is 1.92. The summed E-state index contributed by atoms with van der Waals surface area (Å²) >= 11 is 0. The van der Waals surface area contributed by atoms with Gasteiger partial charge in [0.05, 0.1) is 29.6 Å². The predicted octanol–water partition coefficient (Wildman–Crippen LogP) is -0.172. The highest BCUT2D eigenvalue weighted by Gasteiger charge is 2.43. The largest absolute Gasteiger partial charge is 0.481 e. The van der Waals surface area contributed by atoms with Crippen LogP contribution < -0.4 is 0 Å². The summed E-state index contributed by atoms with van der Waals surface area (Å²) in [5, 5.41) is 19.4. The van der Waals surface area contributed by atoms with Crippen molar-refractivity contribution in [3.63, 3.8) is 0 Å². The van der Waals surface area contributed by atoms with Crippen LogP contribution in [0.3, 0.4) is 0 Å². The second-order valence-corrected chi connectivity index (χ2v) is 7.88. The van der Waals surface area contributed by atoms with E-state index in [-0.39, 0.29) is 18.1 Å². The van der Waals surface area contributed by atoms with Crippen LogP contribution in [0.25, 0.3) is 0 Å². The van der Waals surface area contributed by atoms with Crippen LogP contribution >= 0.6 is 0 Å². The standard InChI is InChI=1S/C14H17NO5S/c16-13-8-21(19,20)7-12(13)15-5-9-3-1-2-4-10(9)11(6-15)14(17)18/h1-4,11-13,16H,5-8H2,(H,17,18). The molecule has 0 bridgehead atoms. The van der Waals surface area contributed by atoms with Crippen LogP contribution in [0, 0.1) is 0 Å². The summed E-state index contributed by atoms with van der Waals surface area (Å²) in [5.41, 5.74) is 1.66. The number of rotatable bonds is 2. The van der Waals surface area contributed by atoms with Gasteiger partial charge in [-0.25, -0.2) is 8.42 Å². The fourth-order valence-corrected chi connectivity index (χ4v) is 5.09. The first-order chi connectivity index (χ1) is 9.87. The number of carboxylic acid groups (broad SMARTS) is 1. The van der Waals surface area contributed by atoms with Gasteiger partial charge < -0.3 is 10.2 Å². The number of carboxylic acids is 1. The Labute approximate surface area is 122 Å². The van der Waals surface area contributed by atoms with Gasteiger partial charge in [-0.3, -0.25) is 9.69 Å². The Morgan fingerprint density at radius 2 is 1.95 bits per heavy atom. The van der Waals surface area contributed by atoms with Crippen molar-refractivity contribution >= 4 is 15.8 Å². The van der Waals surface area contributed by atoms with E-state index in [1.165, 1.54) is 0 Å². The SMILES string of the molecule is O=C(O)C1CN(C2CS(=O)(=O)CC2O)Cc2ccccc21. The van der Waals surface area contributed by atoms with Crippen molar-refractivity contribution in [2.75, 3.05) is 18.1 Å². The van der Waals surface area contributed by atoms with Crippen LogP contribution in [0.1, 0.15) is 17.0 Å². The van der Waals surface area contributed by atoms with Gasteiger partial charge in [-0.1, -0.05) is 24.3 Å². The zero-order valence-electron chi connectivity index (χ0n) is 11.3. The van der Waals surface area contributed by atoms with Crippen molar-refractivity contribution < 1.29 is 23.4 Å². The lowest BCUT2D eigenvalue weighted by Crippen LogP contribution is -2.48. The highest BCUT2D eigenvalue weighted by Crippen LogP contribution is 2.32. The molecule has 0 aliphatic carbocycles. The third kappa shape index (κ3) is 2.68. The normalized spacial score (nSPS) is 31.8. The Bertz CT molecular complexity index is 672. The predicted molar refractivity (Wildman–Crippen MR) is 75.7 cm³/mol. The highest BCUT2D eigenvalue weighted by molar-refractivity contribution is 7.91. The molecule has 3 atom stereocenters. The molecule has 7 heteroatoms. The first-order valence-corrected chi connectivity index (χ1v) is 8.62. The molecule has 0 spiro atoms. The Kier molecular flexibility index (Phi) is 3.51. The summed E-state index contributed by atoms with van der Waals surface area (Å²) < 4.78 is 23.3. The lowest BCUT2D eigenvalue weighted by molar-refractivity contribution is -0.140. The van der Waals surface area contributed by atoms with E-state index in [4.69, 9.17) is 0 Å². The topological polar surface area (TPSA) is 94.9 Å². The number of benzene rings is 1. The van der Waals surface area contributed by atoms with Crippen LogP contribution in [0.4, 0.5) is 0 Å². The summed E-state index contributed by atoms with van der Waals surface area (Å²) in [6.07, 6.45) is -0.949. The molecule has 0 radical (unpaired) electrons. The van der Waals surface area contributed by atoms with Gasteiger partial charge >= 0.3 is 5.97 Å². The number of hydrogen-bond acceptors (Lipinski definition) is 5. The second-order valence-electron chi connectivity index (χ2n) is 5.73. The van der Waals surface area contributed by atoms with Crippen molar-refractivity contribution in [2.24, 2.45) is 0 Å². The van der Waals surface area contributed by atoms with Gasteiger partial charge in [0.25, 0.3) is 0 Å². The van der Waals surface area contributed by atoms with Crippen LogP contribution in [0.5, 0.6) is 0 Å². The van der Waals surface area contributed by atoms with Gasteiger partial charge in [-0.15, -0.1) is 0 Å². The van der Waals surface area contributed by atoms with Crippen molar-refractivity contribution in [1.82, 2.24) is 4.90 Å². The van der Waals surface area contributed by atoms with Crippen molar-refractivity contribution in [3.05, 3.63) is 35.4 Å². The van der Waals surface area contributed by atoms with Gasteiger partial charge in [0.15, 0.2) is 9.84 Å². The fourth-order valence-electron chi connectivity index (χ4n) is 3.26. The number of hydrogen-bond donors (Lipinski definition) is 2. The molecular weight excluding hydrogens is 294 g/mol. The highest BCUT2D eigenvalue weighted by atomic mass is 32.2. The zero-order valence-corrected chi connectivity index (χ0v) is 12.2. The molecule has 2 aliphatic rings. The molecule has 2 N–H and O–H groups in total. The van der Waals surface area contributed by atoms with Gasteiger partial charge in [-0.2, -0.15) is 0 Å². The third-order valence-electron chi connectivity index (χ3n) is 4.28. The first kappa shape index (κ1) is 14.5. The third-order valence-corrected chi connectivity index (χ3v) is 5.98. The fraction of sp³-hybridized carbons (Fsp3) is 0.500. The molecule has 6 nitrogen and oxygen atoms in total. The lowest BCUT2D eigenvalue weighted by Gasteiger charge is -2.37. The average molecular weight is 311 g/mol. The second kappa shape index (κ2) is 5.08. The number of aliphatic hydroxyl groups excluding tert-OH is 1. The van der Waals surface area contributed by atoms with Gasteiger partial charge in [0.1, 0.15) is 0 Å². The smallest absolute Gasteiger partial charge is 0.312 e. The number of aliphatic carboxylic acids is 1. The van der Waals surface area contributed by atoms with E-state index in [0.29, 0.717) is 6.54 Å². The quantitative estimate of drug-likeness (QED) is 0.787. The molecule has 2 heterocycles. The van der Waals surface area contributed by atoms with Crippen LogP contribution in [-0.4, -0.2) is 59.7 Å². The van der Waals surface area contributed by atoms with Gasteiger partial charge in [0.2, 0.25) is 0 Å². The van der Waals surface area contributed by atoms with Crippen molar-refractivity contribution in [3.8, 4) is 0 Å². The molecule has 1 aromatic carbocycles. The molecule has 3 unspecified atom stereocenters. The molecule has 1 aromatic rings. The van der Waals surface area contributed by atoms with E-state index in [9.17, 15) is 23.4 Å². The monoisotopic (exact) mass is 311 g/mol. The molecular formula is C14H17NO5S. The zero-order chi connectivity index (χ0) is 15.2. The van der Waals surface area contributed by atoms with E-state index >= 15 is 0 Å². The van der Waals surface area contributed by atoms with Crippen molar-refractivity contribution in [2.45, 2.75) is 24.6 Å². The molecule has 0 amide bonds. The van der Waals surface area contributed by atoms with E-state index in [1.807, 2.05) is 12.1 Å². The molecule has 21 heavy (non-hydrogen) atoms.